The molecule has 6 nitrogen and oxygen atoms in total. The first kappa shape index (κ1) is 20.3. The highest BCUT2D eigenvalue weighted by molar-refractivity contribution is 6.35. The Kier molecular flexibility index (Phi) is 8.26. The second kappa shape index (κ2) is 10.2. The summed E-state index contributed by atoms with van der Waals surface area (Å²) >= 11 is 12.3. The number of esters is 1. The molecule has 0 saturated carbocycles. The molecule has 25 heavy (non-hydrogen) atoms. The van der Waals surface area contributed by atoms with Crippen LogP contribution in [-0.4, -0.2) is 50.4 Å². The molecule has 1 saturated heterocycles. The van der Waals surface area contributed by atoms with Crippen LogP contribution in [0.1, 0.15) is 24.8 Å². The van der Waals surface area contributed by atoms with E-state index in [4.69, 9.17) is 42.1 Å². The van der Waals surface area contributed by atoms with Crippen molar-refractivity contribution in [2.45, 2.75) is 37.9 Å². The van der Waals surface area contributed by atoms with E-state index in [0.717, 1.165) is 5.56 Å². The second-order valence-electron chi connectivity index (χ2n) is 5.77. The van der Waals surface area contributed by atoms with Crippen LogP contribution in [0.4, 0.5) is 0 Å². The van der Waals surface area contributed by atoms with E-state index in [0.29, 0.717) is 48.3 Å². The molecule has 1 N–H and O–H groups in total. The predicted octanol–water partition coefficient (Wildman–Crippen LogP) is 2.99. The molecule has 0 aromatic heterocycles. The number of methoxy groups -OCH3 is 1. The molecule has 2 rings (SSSR count). The summed E-state index contributed by atoms with van der Waals surface area (Å²) in [5, 5.41) is 10.6. The van der Waals surface area contributed by atoms with Gasteiger partial charge in [-0.1, -0.05) is 23.2 Å². The van der Waals surface area contributed by atoms with Crippen LogP contribution in [0.15, 0.2) is 12.1 Å². The number of rotatable bonds is 9. The number of aliphatic hydroxyl groups excluding tert-OH is 1. The van der Waals surface area contributed by atoms with E-state index in [2.05, 4.69) is 0 Å². The van der Waals surface area contributed by atoms with Gasteiger partial charge in [0.15, 0.2) is 6.79 Å². The average molecular weight is 393 g/mol. The Morgan fingerprint density at radius 1 is 1.32 bits per heavy atom. The lowest BCUT2D eigenvalue weighted by atomic mass is 9.99. The topological polar surface area (TPSA) is 74.2 Å². The Labute approximate surface area is 156 Å². The normalized spacial score (nSPS) is 20.4. The molecular weight excluding hydrogens is 371 g/mol. The lowest BCUT2D eigenvalue weighted by molar-refractivity contribution is -0.160. The zero-order valence-electron chi connectivity index (χ0n) is 14.0. The van der Waals surface area contributed by atoms with Gasteiger partial charge >= 0.3 is 5.97 Å². The minimum absolute atomic E-state index is 0.0458. The molecule has 140 valence electrons. The summed E-state index contributed by atoms with van der Waals surface area (Å²) in [4.78, 5) is 11.4. The molecule has 2 unspecified atom stereocenters. The molecule has 1 aliphatic rings. The Morgan fingerprint density at radius 3 is 2.84 bits per heavy atom. The molecule has 0 radical (unpaired) electrons. The highest BCUT2D eigenvalue weighted by Gasteiger charge is 2.27. The highest BCUT2D eigenvalue weighted by Crippen LogP contribution is 2.33. The summed E-state index contributed by atoms with van der Waals surface area (Å²) in [6.45, 7) is 0.933. The summed E-state index contributed by atoms with van der Waals surface area (Å²) in [5.41, 5.74) is 0.762. The molecule has 0 bridgehead atoms. The first-order valence-corrected chi connectivity index (χ1v) is 8.80. The fraction of sp³-hybridized carbons (Fsp3) is 0.588. The predicted molar refractivity (Wildman–Crippen MR) is 93.2 cm³/mol. The maximum absolute atomic E-state index is 11.4. The third kappa shape index (κ3) is 6.64. The summed E-state index contributed by atoms with van der Waals surface area (Å²) in [5.74, 6) is 0.145. The Morgan fingerprint density at radius 2 is 2.12 bits per heavy atom. The molecule has 8 heteroatoms. The first-order chi connectivity index (χ1) is 12.0. The number of halogens is 2. The number of ether oxygens (including phenoxy) is 4. The van der Waals surface area contributed by atoms with Gasteiger partial charge in [0.05, 0.1) is 25.7 Å². The zero-order chi connectivity index (χ0) is 18.2. The van der Waals surface area contributed by atoms with Crippen LogP contribution >= 0.6 is 23.2 Å². The van der Waals surface area contributed by atoms with Gasteiger partial charge in [-0.15, -0.1) is 0 Å². The summed E-state index contributed by atoms with van der Waals surface area (Å²) in [6, 6.07) is 3.31. The van der Waals surface area contributed by atoms with Crippen molar-refractivity contribution in [3.8, 4) is 5.75 Å². The minimum atomic E-state index is -0.656. The van der Waals surface area contributed by atoms with Gasteiger partial charge in [0.1, 0.15) is 11.9 Å². The fourth-order valence-electron chi connectivity index (χ4n) is 2.60. The number of hydrogen-bond donors (Lipinski definition) is 1. The standard InChI is InChI=1S/C17H22Cl2O6/c1-22-4-5-23-10-24-16-7-11(18)6-15(19)14(16)3-2-13-8-12(20)9-17(21)25-13/h6-7,12-13,20H,2-5,8-10H2,1H3. The van der Waals surface area contributed by atoms with Crippen LogP contribution in [-0.2, 0) is 25.4 Å². The number of carbonyl (C=O) groups is 1. The van der Waals surface area contributed by atoms with E-state index in [1.54, 1.807) is 19.2 Å². The third-order valence-electron chi connectivity index (χ3n) is 3.80. The quantitative estimate of drug-likeness (QED) is 0.395. The molecule has 1 fully saturated rings. The van der Waals surface area contributed by atoms with Gasteiger partial charge in [-0.25, -0.2) is 0 Å². The van der Waals surface area contributed by atoms with Crippen LogP contribution in [0.25, 0.3) is 0 Å². The highest BCUT2D eigenvalue weighted by atomic mass is 35.5. The van der Waals surface area contributed by atoms with Crippen molar-refractivity contribution in [1.82, 2.24) is 0 Å². The molecule has 1 aromatic carbocycles. The van der Waals surface area contributed by atoms with Gasteiger partial charge in [0, 0.05) is 29.1 Å². The van der Waals surface area contributed by atoms with Crippen molar-refractivity contribution >= 4 is 29.2 Å². The van der Waals surface area contributed by atoms with Crippen LogP contribution < -0.4 is 4.74 Å². The SMILES string of the molecule is COCCOCOc1cc(Cl)cc(Cl)c1CCC1CC(O)CC(=O)O1. The van der Waals surface area contributed by atoms with Gasteiger partial charge < -0.3 is 24.1 Å². The number of benzene rings is 1. The zero-order valence-corrected chi connectivity index (χ0v) is 15.5. The lowest BCUT2D eigenvalue weighted by Crippen LogP contribution is -2.32. The van der Waals surface area contributed by atoms with Crippen LogP contribution in [0.5, 0.6) is 5.75 Å². The molecule has 1 aliphatic heterocycles. The first-order valence-electron chi connectivity index (χ1n) is 8.04. The van der Waals surface area contributed by atoms with Gasteiger partial charge in [0.25, 0.3) is 0 Å². The maximum Gasteiger partial charge on any atom is 0.308 e. The van der Waals surface area contributed by atoms with Crippen molar-refractivity contribution in [1.29, 1.82) is 0 Å². The van der Waals surface area contributed by atoms with Crippen LogP contribution in [0.3, 0.4) is 0 Å². The van der Waals surface area contributed by atoms with Crippen molar-refractivity contribution in [2.75, 3.05) is 27.1 Å². The molecule has 1 aromatic rings. The molecule has 0 amide bonds. The van der Waals surface area contributed by atoms with Crippen LogP contribution in [0, 0.1) is 0 Å². The average Bonchev–Trinajstić information content (AvgIpc) is 2.52. The van der Waals surface area contributed by atoms with Crippen molar-refractivity contribution in [2.24, 2.45) is 0 Å². The van der Waals surface area contributed by atoms with E-state index in [-0.39, 0.29) is 25.3 Å². The van der Waals surface area contributed by atoms with E-state index >= 15 is 0 Å². The molecule has 1 heterocycles. The van der Waals surface area contributed by atoms with Gasteiger partial charge in [-0.3, -0.25) is 4.79 Å². The van der Waals surface area contributed by atoms with E-state index in [1.165, 1.54) is 0 Å². The monoisotopic (exact) mass is 392 g/mol. The van der Waals surface area contributed by atoms with E-state index in [9.17, 15) is 9.90 Å². The smallest absolute Gasteiger partial charge is 0.308 e. The maximum atomic E-state index is 11.4. The summed E-state index contributed by atoms with van der Waals surface area (Å²) in [7, 11) is 1.59. The molecule has 0 spiro atoms. The van der Waals surface area contributed by atoms with Crippen molar-refractivity contribution in [3.63, 3.8) is 0 Å². The number of carbonyl (C=O) groups excluding carboxylic acids is 1. The van der Waals surface area contributed by atoms with Crippen molar-refractivity contribution in [3.05, 3.63) is 27.7 Å². The molecule has 2 atom stereocenters. The van der Waals surface area contributed by atoms with Crippen molar-refractivity contribution < 1.29 is 28.8 Å². The van der Waals surface area contributed by atoms with Crippen LogP contribution in [0.2, 0.25) is 10.0 Å². The Hall–Kier alpha value is -1.05. The summed E-state index contributed by atoms with van der Waals surface area (Å²) < 4.78 is 21.1. The summed E-state index contributed by atoms with van der Waals surface area (Å²) in [6.07, 6.45) is 0.531. The van der Waals surface area contributed by atoms with Gasteiger partial charge in [0.2, 0.25) is 0 Å². The largest absolute Gasteiger partial charge is 0.467 e. The lowest BCUT2D eigenvalue weighted by Gasteiger charge is -2.26. The Balaban J connectivity index is 1.97. The number of cyclic esters (lactones) is 1. The number of hydrogen-bond acceptors (Lipinski definition) is 6. The van der Waals surface area contributed by atoms with E-state index in [1.807, 2.05) is 0 Å². The van der Waals surface area contributed by atoms with E-state index < -0.39 is 6.10 Å². The molecular formula is C17H22Cl2O6. The Bertz CT molecular complexity index is 581. The second-order valence-corrected chi connectivity index (χ2v) is 6.62. The third-order valence-corrected chi connectivity index (χ3v) is 4.36. The van der Waals surface area contributed by atoms with Gasteiger partial charge in [-0.2, -0.15) is 0 Å². The van der Waals surface area contributed by atoms with Gasteiger partial charge in [-0.05, 0) is 25.0 Å². The fourth-order valence-corrected chi connectivity index (χ4v) is 3.17. The number of aliphatic hydroxyl groups is 1. The molecule has 0 aliphatic carbocycles. The minimum Gasteiger partial charge on any atom is -0.467 e.